The third kappa shape index (κ3) is 5.40. The van der Waals surface area contributed by atoms with Gasteiger partial charge in [0.2, 0.25) is 0 Å². The molecule has 0 spiro atoms. The van der Waals surface area contributed by atoms with Crippen LogP contribution in [0.25, 0.3) is 0 Å². The number of carbonyl (C=O) groups excluding carboxylic acids is 3. The Morgan fingerprint density at radius 2 is 1.80 bits per heavy atom. The molecule has 0 aliphatic heterocycles. The van der Waals surface area contributed by atoms with Crippen LogP contribution in [0.5, 0.6) is 0 Å². The summed E-state index contributed by atoms with van der Waals surface area (Å²) in [6.45, 7) is 11.1. The molecular formula is C34H48O7. The van der Waals surface area contributed by atoms with E-state index in [1.807, 2.05) is 32.9 Å². The summed E-state index contributed by atoms with van der Waals surface area (Å²) in [5, 5.41) is 24.3. The van der Waals surface area contributed by atoms with Crippen LogP contribution >= 0.6 is 0 Å². The highest BCUT2D eigenvalue weighted by atomic mass is 16.6. The number of Topliss-reactive ketones (excluding diaryl/α,β-unsaturated/α-hetero) is 1. The molecule has 0 aromatic carbocycles. The zero-order valence-corrected chi connectivity index (χ0v) is 25.6. The Balaban J connectivity index is 1.57. The summed E-state index contributed by atoms with van der Waals surface area (Å²) >= 11 is 0. The van der Waals surface area contributed by atoms with Crippen molar-refractivity contribution in [3.8, 4) is 0 Å². The molecule has 2 N–H and O–H groups in total. The summed E-state index contributed by atoms with van der Waals surface area (Å²) in [4.78, 5) is 37.9. The van der Waals surface area contributed by atoms with Crippen molar-refractivity contribution in [3.05, 3.63) is 47.6 Å². The number of hydrogen-bond donors (Lipinski definition) is 2. The molecule has 2 saturated carbocycles. The number of fused-ring (bicyclic) bond motifs is 5. The molecule has 4 rings (SSSR count). The third-order valence-electron chi connectivity index (χ3n) is 10.4. The van der Waals surface area contributed by atoms with E-state index in [2.05, 4.69) is 13.0 Å². The van der Waals surface area contributed by atoms with Crippen molar-refractivity contribution in [2.45, 2.75) is 110 Å². The van der Waals surface area contributed by atoms with E-state index < -0.39 is 57.7 Å². The van der Waals surface area contributed by atoms with E-state index in [9.17, 15) is 24.6 Å². The number of aliphatic hydroxyl groups is 2. The maximum absolute atomic E-state index is 13.2. The average Bonchev–Trinajstić information content (AvgIpc) is 3.30. The van der Waals surface area contributed by atoms with E-state index in [-0.39, 0.29) is 18.9 Å². The van der Waals surface area contributed by atoms with Gasteiger partial charge in [0.15, 0.2) is 5.78 Å². The Morgan fingerprint density at radius 3 is 2.49 bits per heavy atom. The molecule has 2 fully saturated rings. The standard InChI is InChI=1S/C34H48O7/c1-7-8-9-10-11-12-13-14-15-16-28(36)41-33-19-23(3)34(39)26(29(33)31(33,5)6)18-25(21-40-24(4)35)20-32(38)27(34)17-22(2)30(32)37/h13-18,23,26-27,29,38-39H,7-12,19-21H2,1-6H3/b14-13+,16-15+/t23-,26+,27-,29-,32-,33+,34-/m1/s1. The highest BCUT2D eigenvalue weighted by Gasteiger charge is 2.83. The first-order chi connectivity index (χ1) is 19.3. The smallest absolute Gasteiger partial charge is 0.331 e. The van der Waals surface area contributed by atoms with Gasteiger partial charge >= 0.3 is 11.9 Å². The quantitative estimate of drug-likeness (QED) is 0.110. The van der Waals surface area contributed by atoms with E-state index in [1.165, 1.54) is 38.7 Å². The maximum atomic E-state index is 13.2. The van der Waals surface area contributed by atoms with Crippen LogP contribution in [0.15, 0.2) is 47.6 Å². The first kappa shape index (κ1) is 31.4. The minimum atomic E-state index is -1.82. The zero-order chi connectivity index (χ0) is 30.2. The molecule has 0 amide bonds. The van der Waals surface area contributed by atoms with Gasteiger partial charge in [0.05, 0.1) is 5.60 Å². The molecule has 7 nitrogen and oxygen atoms in total. The summed E-state index contributed by atoms with van der Waals surface area (Å²) in [6, 6.07) is 0. The largest absolute Gasteiger partial charge is 0.461 e. The van der Waals surface area contributed by atoms with Crippen LogP contribution in [0.4, 0.5) is 0 Å². The van der Waals surface area contributed by atoms with Crippen molar-refractivity contribution in [1.29, 1.82) is 0 Å². The number of allylic oxidation sites excluding steroid dienone is 3. The number of ether oxygens (including phenoxy) is 2. The van der Waals surface area contributed by atoms with Gasteiger partial charge in [0, 0.05) is 42.6 Å². The molecule has 0 aromatic heterocycles. The second kappa shape index (κ2) is 11.6. The number of rotatable bonds is 11. The topological polar surface area (TPSA) is 110 Å². The molecule has 7 heteroatoms. The van der Waals surface area contributed by atoms with Crippen LogP contribution in [0.3, 0.4) is 0 Å². The second-order valence-electron chi connectivity index (χ2n) is 13.4. The molecule has 4 aliphatic carbocycles. The average molecular weight is 569 g/mol. The second-order valence-corrected chi connectivity index (χ2v) is 13.4. The van der Waals surface area contributed by atoms with E-state index in [4.69, 9.17) is 9.47 Å². The molecule has 0 heterocycles. The lowest BCUT2D eigenvalue weighted by atomic mass is 9.60. The van der Waals surface area contributed by atoms with Gasteiger partial charge in [-0.3, -0.25) is 9.59 Å². The fourth-order valence-electron chi connectivity index (χ4n) is 8.17. The minimum Gasteiger partial charge on any atom is -0.461 e. The van der Waals surface area contributed by atoms with Gasteiger partial charge in [-0.2, -0.15) is 0 Å². The Bertz CT molecular complexity index is 1180. The highest BCUT2D eigenvalue weighted by molar-refractivity contribution is 6.04. The lowest BCUT2D eigenvalue weighted by Gasteiger charge is -2.50. The SMILES string of the molecule is CCCCCCC/C=C/C=C/C(=O)O[C@@]12C[C@@H](C)[C@@]3(O)[C@@H](C=C(COC(C)=O)C[C@]4(O)C(=O)C(C)=C[C@@H]34)[C@@H]1C2(C)C. The van der Waals surface area contributed by atoms with Crippen molar-refractivity contribution in [2.24, 2.45) is 29.1 Å². The van der Waals surface area contributed by atoms with Crippen LogP contribution in [-0.4, -0.2) is 51.3 Å². The van der Waals surface area contributed by atoms with E-state index in [0.29, 0.717) is 17.6 Å². The van der Waals surface area contributed by atoms with Crippen molar-refractivity contribution < 1.29 is 34.1 Å². The van der Waals surface area contributed by atoms with Gasteiger partial charge in [-0.25, -0.2) is 4.79 Å². The maximum Gasteiger partial charge on any atom is 0.331 e. The van der Waals surface area contributed by atoms with E-state index in [0.717, 1.165) is 12.8 Å². The molecule has 226 valence electrons. The normalized spacial score (nSPS) is 37.1. The summed E-state index contributed by atoms with van der Waals surface area (Å²) in [7, 11) is 0. The van der Waals surface area contributed by atoms with Crippen molar-refractivity contribution in [3.63, 3.8) is 0 Å². The molecule has 4 aliphatic rings. The Labute approximate surface area is 244 Å². The summed E-state index contributed by atoms with van der Waals surface area (Å²) in [5.41, 5.74) is -3.54. The first-order valence-corrected chi connectivity index (χ1v) is 15.3. The lowest BCUT2D eigenvalue weighted by molar-refractivity contribution is -0.185. The van der Waals surface area contributed by atoms with Crippen molar-refractivity contribution in [2.75, 3.05) is 6.61 Å². The number of hydrogen-bond acceptors (Lipinski definition) is 7. The predicted molar refractivity (Wildman–Crippen MR) is 157 cm³/mol. The van der Waals surface area contributed by atoms with Gasteiger partial charge < -0.3 is 19.7 Å². The van der Waals surface area contributed by atoms with Crippen LogP contribution < -0.4 is 0 Å². The molecular weight excluding hydrogens is 520 g/mol. The number of ketones is 1. The van der Waals surface area contributed by atoms with Gasteiger partial charge in [-0.15, -0.1) is 0 Å². The summed E-state index contributed by atoms with van der Waals surface area (Å²) < 4.78 is 11.5. The Kier molecular flexibility index (Phi) is 8.92. The van der Waals surface area contributed by atoms with Crippen LogP contribution in [0, 0.1) is 29.1 Å². The first-order valence-electron chi connectivity index (χ1n) is 15.3. The van der Waals surface area contributed by atoms with Crippen LogP contribution in [0.1, 0.15) is 92.9 Å². The Hall–Kier alpha value is -2.51. The molecule has 0 bridgehead atoms. The Morgan fingerprint density at radius 1 is 1.10 bits per heavy atom. The molecule has 0 saturated heterocycles. The van der Waals surface area contributed by atoms with Gasteiger partial charge in [0.25, 0.3) is 0 Å². The monoisotopic (exact) mass is 568 g/mol. The van der Waals surface area contributed by atoms with E-state index >= 15 is 0 Å². The lowest BCUT2D eigenvalue weighted by Crippen LogP contribution is -2.61. The summed E-state index contributed by atoms with van der Waals surface area (Å²) in [6.07, 6.45) is 18.2. The number of carbonyl (C=O) groups is 3. The fourth-order valence-corrected chi connectivity index (χ4v) is 8.17. The van der Waals surface area contributed by atoms with Crippen molar-refractivity contribution in [1.82, 2.24) is 0 Å². The molecule has 7 atom stereocenters. The molecule has 0 radical (unpaired) electrons. The predicted octanol–water partition coefficient (Wildman–Crippen LogP) is 5.55. The van der Waals surface area contributed by atoms with Gasteiger partial charge in [0.1, 0.15) is 17.8 Å². The van der Waals surface area contributed by atoms with Crippen molar-refractivity contribution >= 4 is 17.7 Å². The highest BCUT2D eigenvalue weighted by Crippen LogP contribution is 2.76. The summed E-state index contributed by atoms with van der Waals surface area (Å²) in [5.74, 6) is -3.29. The van der Waals surface area contributed by atoms with Crippen LogP contribution in [0.2, 0.25) is 0 Å². The molecule has 41 heavy (non-hydrogen) atoms. The number of esters is 2. The molecule has 0 aromatic rings. The zero-order valence-electron chi connectivity index (χ0n) is 25.6. The minimum absolute atomic E-state index is 0.0310. The van der Waals surface area contributed by atoms with E-state index in [1.54, 1.807) is 19.1 Å². The van der Waals surface area contributed by atoms with Crippen LogP contribution in [-0.2, 0) is 23.9 Å². The molecule has 0 unspecified atom stereocenters. The van der Waals surface area contributed by atoms with Gasteiger partial charge in [-0.1, -0.05) is 83.8 Å². The fraction of sp³-hybridized carbons (Fsp3) is 0.676. The third-order valence-corrected chi connectivity index (χ3v) is 10.4. The van der Waals surface area contributed by atoms with Gasteiger partial charge in [-0.05, 0) is 43.3 Å². The number of unbranched alkanes of at least 4 members (excludes halogenated alkanes) is 5.